The van der Waals surface area contributed by atoms with Gasteiger partial charge in [-0.05, 0) is 49.5 Å². The zero-order valence-electron chi connectivity index (χ0n) is 19.0. The Morgan fingerprint density at radius 2 is 1.29 bits per heavy atom. The van der Waals surface area contributed by atoms with Crippen LogP contribution in [-0.2, 0) is 4.79 Å². The standard InChI is InChI=1S/C14H23NO.4C2H6/c1-10(16)11-8-14(9-15(11)4)12(2,3)13(14)6-5-7-13;4*1-2/h11H,5-9H2,1-4H3;4*1-2H3. The molecule has 2 saturated carbocycles. The summed E-state index contributed by atoms with van der Waals surface area (Å²) >= 11 is 0. The Bertz CT molecular complexity index is 357. The van der Waals surface area contributed by atoms with Crippen LogP contribution >= 0.6 is 0 Å². The first kappa shape index (κ1) is 25.9. The van der Waals surface area contributed by atoms with E-state index >= 15 is 0 Å². The van der Waals surface area contributed by atoms with E-state index in [-0.39, 0.29) is 6.04 Å². The summed E-state index contributed by atoms with van der Waals surface area (Å²) in [5.74, 6) is 0.358. The smallest absolute Gasteiger partial charge is 0.146 e. The minimum atomic E-state index is 0.194. The molecule has 2 unspecified atom stereocenters. The minimum absolute atomic E-state index is 0.194. The molecule has 3 aliphatic rings. The topological polar surface area (TPSA) is 20.3 Å². The molecule has 24 heavy (non-hydrogen) atoms. The SMILES string of the molecule is CC.CC.CC.CC.CC(=O)C1CC2(CN1C)C(C)(C)C21CCC1. The molecule has 1 heterocycles. The van der Waals surface area contributed by atoms with E-state index in [1.807, 2.05) is 55.4 Å². The average Bonchev–Trinajstić information content (AvgIpc) is 2.81. The van der Waals surface area contributed by atoms with Gasteiger partial charge in [-0.1, -0.05) is 75.7 Å². The Morgan fingerprint density at radius 1 is 0.875 bits per heavy atom. The van der Waals surface area contributed by atoms with Crippen molar-refractivity contribution < 1.29 is 4.79 Å². The van der Waals surface area contributed by atoms with Crippen molar-refractivity contribution in [2.75, 3.05) is 13.6 Å². The van der Waals surface area contributed by atoms with Gasteiger partial charge in [-0.25, -0.2) is 0 Å². The molecule has 0 aromatic carbocycles. The summed E-state index contributed by atoms with van der Waals surface area (Å²) in [5.41, 5.74) is 1.53. The van der Waals surface area contributed by atoms with E-state index in [0.29, 0.717) is 22.0 Å². The highest BCUT2D eigenvalue weighted by Gasteiger charge is 2.84. The third-order valence-electron chi connectivity index (χ3n) is 6.52. The molecule has 0 radical (unpaired) electrons. The van der Waals surface area contributed by atoms with Gasteiger partial charge in [0.15, 0.2) is 0 Å². The molecule has 2 atom stereocenters. The number of hydrogen-bond acceptors (Lipinski definition) is 2. The second-order valence-electron chi connectivity index (χ2n) is 6.89. The van der Waals surface area contributed by atoms with E-state index in [1.54, 1.807) is 6.92 Å². The molecule has 1 saturated heterocycles. The number of carbonyl (C=O) groups is 1. The maximum atomic E-state index is 11.7. The van der Waals surface area contributed by atoms with Crippen LogP contribution in [0.25, 0.3) is 0 Å². The van der Waals surface area contributed by atoms with Gasteiger partial charge in [0.1, 0.15) is 5.78 Å². The van der Waals surface area contributed by atoms with E-state index in [4.69, 9.17) is 0 Å². The lowest BCUT2D eigenvalue weighted by Crippen LogP contribution is -2.31. The molecule has 0 bridgehead atoms. The minimum Gasteiger partial charge on any atom is -0.298 e. The summed E-state index contributed by atoms with van der Waals surface area (Å²) in [6.45, 7) is 23.8. The Hall–Kier alpha value is -0.370. The Morgan fingerprint density at radius 3 is 1.50 bits per heavy atom. The number of likely N-dealkylation sites (N-methyl/N-ethyl adjacent to an activating group) is 1. The van der Waals surface area contributed by atoms with Gasteiger partial charge in [0.05, 0.1) is 6.04 Å². The first-order valence-corrected chi connectivity index (χ1v) is 10.6. The van der Waals surface area contributed by atoms with Gasteiger partial charge in [-0.2, -0.15) is 0 Å². The first-order valence-electron chi connectivity index (χ1n) is 10.6. The molecule has 2 heteroatoms. The molecular weight excluding hydrogens is 294 g/mol. The molecule has 0 aromatic rings. The van der Waals surface area contributed by atoms with Crippen molar-refractivity contribution in [3.05, 3.63) is 0 Å². The highest BCUT2D eigenvalue weighted by molar-refractivity contribution is 5.82. The number of hydrogen-bond donors (Lipinski definition) is 0. The lowest BCUT2D eigenvalue weighted by molar-refractivity contribution is -0.120. The van der Waals surface area contributed by atoms with Crippen LogP contribution in [0.4, 0.5) is 0 Å². The summed E-state index contributed by atoms with van der Waals surface area (Å²) in [6, 6.07) is 0.194. The lowest BCUT2D eigenvalue weighted by Gasteiger charge is -2.32. The molecular formula is C22H47NO. The third-order valence-corrected chi connectivity index (χ3v) is 6.52. The largest absolute Gasteiger partial charge is 0.298 e. The predicted molar refractivity (Wildman–Crippen MR) is 110 cm³/mol. The fraction of sp³-hybridized carbons (Fsp3) is 0.955. The lowest BCUT2D eigenvalue weighted by atomic mass is 9.73. The summed E-state index contributed by atoms with van der Waals surface area (Å²) in [4.78, 5) is 14.0. The van der Waals surface area contributed by atoms with Gasteiger partial charge in [-0.15, -0.1) is 0 Å². The molecule has 2 aliphatic carbocycles. The van der Waals surface area contributed by atoms with Crippen molar-refractivity contribution in [3.8, 4) is 0 Å². The molecule has 2 spiro atoms. The van der Waals surface area contributed by atoms with Crippen LogP contribution in [-0.4, -0.2) is 30.3 Å². The Labute approximate surface area is 153 Å². The summed E-state index contributed by atoms with van der Waals surface area (Å²) < 4.78 is 0. The maximum absolute atomic E-state index is 11.7. The predicted octanol–water partition coefficient (Wildman–Crippen LogP) is 6.58. The Balaban J connectivity index is 0. The number of carbonyl (C=O) groups excluding carboxylic acids is 1. The van der Waals surface area contributed by atoms with Gasteiger partial charge in [-0.3, -0.25) is 9.69 Å². The molecule has 0 N–H and O–H groups in total. The second kappa shape index (κ2) is 10.6. The number of ketones is 1. The van der Waals surface area contributed by atoms with Crippen molar-refractivity contribution in [2.45, 2.75) is 108 Å². The van der Waals surface area contributed by atoms with Crippen LogP contribution in [0.5, 0.6) is 0 Å². The van der Waals surface area contributed by atoms with Crippen LogP contribution in [0.3, 0.4) is 0 Å². The molecule has 3 fully saturated rings. The van der Waals surface area contributed by atoms with E-state index < -0.39 is 0 Å². The van der Waals surface area contributed by atoms with Gasteiger partial charge in [0.2, 0.25) is 0 Å². The monoisotopic (exact) mass is 341 g/mol. The molecule has 2 nitrogen and oxygen atoms in total. The summed E-state index contributed by atoms with van der Waals surface area (Å²) in [5, 5.41) is 0. The van der Waals surface area contributed by atoms with Crippen LogP contribution in [0.15, 0.2) is 0 Å². The fourth-order valence-corrected chi connectivity index (χ4v) is 5.23. The fourth-order valence-electron chi connectivity index (χ4n) is 5.23. The first-order chi connectivity index (χ1) is 11.4. The highest BCUT2D eigenvalue weighted by atomic mass is 16.1. The molecule has 146 valence electrons. The second-order valence-corrected chi connectivity index (χ2v) is 6.89. The van der Waals surface area contributed by atoms with Gasteiger partial charge < -0.3 is 0 Å². The van der Waals surface area contributed by atoms with Gasteiger partial charge in [0, 0.05) is 6.54 Å². The van der Waals surface area contributed by atoms with Crippen molar-refractivity contribution in [1.29, 1.82) is 0 Å². The number of Topliss-reactive ketones (excluding diaryl/α,β-unsaturated/α-hetero) is 1. The van der Waals surface area contributed by atoms with Crippen molar-refractivity contribution in [2.24, 2.45) is 16.2 Å². The van der Waals surface area contributed by atoms with Crippen molar-refractivity contribution in [1.82, 2.24) is 4.90 Å². The maximum Gasteiger partial charge on any atom is 0.146 e. The summed E-state index contributed by atoms with van der Waals surface area (Å²) in [6.07, 6.45) is 5.32. The van der Waals surface area contributed by atoms with E-state index in [0.717, 1.165) is 13.0 Å². The Kier molecular flexibility index (Phi) is 11.4. The van der Waals surface area contributed by atoms with Crippen LogP contribution < -0.4 is 0 Å². The number of nitrogens with zero attached hydrogens (tertiary/aromatic N) is 1. The van der Waals surface area contributed by atoms with Crippen molar-refractivity contribution in [3.63, 3.8) is 0 Å². The average molecular weight is 342 g/mol. The quantitative estimate of drug-likeness (QED) is 0.537. The van der Waals surface area contributed by atoms with E-state index in [2.05, 4.69) is 25.8 Å². The molecule has 0 aromatic heterocycles. The van der Waals surface area contributed by atoms with Gasteiger partial charge >= 0.3 is 0 Å². The molecule has 3 rings (SSSR count). The molecule has 1 aliphatic heterocycles. The normalized spacial score (nSPS) is 30.1. The van der Waals surface area contributed by atoms with E-state index in [9.17, 15) is 4.79 Å². The van der Waals surface area contributed by atoms with Crippen LogP contribution in [0, 0.1) is 16.2 Å². The summed E-state index contributed by atoms with van der Waals surface area (Å²) in [7, 11) is 2.13. The van der Waals surface area contributed by atoms with Gasteiger partial charge in [0.25, 0.3) is 0 Å². The zero-order valence-corrected chi connectivity index (χ0v) is 19.0. The van der Waals surface area contributed by atoms with Crippen LogP contribution in [0.2, 0.25) is 0 Å². The van der Waals surface area contributed by atoms with E-state index in [1.165, 1.54) is 19.3 Å². The van der Waals surface area contributed by atoms with Crippen LogP contribution in [0.1, 0.15) is 102 Å². The zero-order chi connectivity index (χ0) is 19.8. The number of fused-ring (bicyclic) bond motifs is 1. The highest BCUT2D eigenvalue weighted by Crippen LogP contribution is 2.88. The molecule has 0 amide bonds. The third kappa shape index (κ3) is 3.59. The number of rotatable bonds is 1. The van der Waals surface area contributed by atoms with Crippen molar-refractivity contribution >= 4 is 5.78 Å². The number of likely N-dealkylation sites (tertiary alicyclic amines) is 1.